The number of tetrazole rings is 1. The molecule has 1 heterocycles. The molecule has 1 aromatic carbocycles. The fourth-order valence-electron chi connectivity index (χ4n) is 2.33. The van der Waals surface area contributed by atoms with Crippen LogP contribution in [0.5, 0.6) is 0 Å². The molecule has 0 amide bonds. The second-order valence-electron chi connectivity index (χ2n) is 5.85. The largest absolute Gasteiger partial charge is 0.398 e. The van der Waals surface area contributed by atoms with Crippen LogP contribution in [-0.4, -0.2) is 20.2 Å². The van der Waals surface area contributed by atoms with Gasteiger partial charge in [0.1, 0.15) is 5.82 Å². The number of hydrogen-bond donors (Lipinski definition) is 1. The van der Waals surface area contributed by atoms with Gasteiger partial charge >= 0.3 is 0 Å². The van der Waals surface area contributed by atoms with Crippen molar-refractivity contribution >= 4 is 5.69 Å². The Labute approximate surface area is 124 Å². The molecule has 0 aliphatic rings. The summed E-state index contributed by atoms with van der Waals surface area (Å²) in [6.45, 7) is 6.48. The molecule has 1 atom stereocenters. The van der Waals surface area contributed by atoms with E-state index in [2.05, 4.69) is 36.3 Å². The van der Waals surface area contributed by atoms with Gasteiger partial charge in [0.15, 0.2) is 5.82 Å². The molecule has 0 radical (unpaired) electrons. The number of rotatable bonds is 6. The Morgan fingerprint density at radius 2 is 2.00 bits per heavy atom. The van der Waals surface area contributed by atoms with Crippen LogP contribution in [0.2, 0.25) is 0 Å². The molecule has 0 aliphatic carbocycles. The van der Waals surface area contributed by atoms with E-state index in [4.69, 9.17) is 5.73 Å². The number of anilines is 1. The maximum atomic E-state index is 13.4. The first-order chi connectivity index (χ1) is 9.99. The predicted molar refractivity (Wildman–Crippen MR) is 81.0 cm³/mol. The lowest BCUT2D eigenvalue weighted by Gasteiger charge is -2.15. The molecule has 0 aliphatic heterocycles. The number of halogens is 1. The smallest absolute Gasteiger partial charge is 0.184 e. The number of aromatic nitrogens is 4. The molecule has 1 unspecified atom stereocenters. The van der Waals surface area contributed by atoms with E-state index >= 15 is 0 Å². The van der Waals surface area contributed by atoms with E-state index in [1.165, 1.54) is 24.6 Å². The summed E-state index contributed by atoms with van der Waals surface area (Å²) >= 11 is 0. The van der Waals surface area contributed by atoms with Crippen molar-refractivity contribution in [3.8, 4) is 11.4 Å². The van der Waals surface area contributed by atoms with Gasteiger partial charge in [-0.3, -0.25) is 0 Å². The summed E-state index contributed by atoms with van der Waals surface area (Å²) in [5.74, 6) is 0.856. The standard InChI is InChI=1S/C15H22FN5/c1-10(2)5-4-6-11(3)21-15(18-19-20-21)13-9-12(16)7-8-14(13)17/h7-11H,4-6,17H2,1-3H3. The maximum Gasteiger partial charge on any atom is 0.184 e. The molecular weight excluding hydrogens is 269 g/mol. The van der Waals surface area contributed by atoms with Gasteiger partial charge in [0, 0.05) is 11.3 Å². The zero-order valence-electron chi connectivity index (χ0n) is 12.8. The predicted octanol–water partition coefficient (Wildman–Crippen LogP) is 3.45. The number of hydrogen-bond acceptors (Lipinski definition) is 4. The quantitative estimate of drug-likeness (QED) is 0.828. The Morgan fingerprint density at radius 1 is 1.24 bits per heavy atom. The van der Waals surface area contributed by atoms with Crippen LogP contribution in [0.15, 0.2) is 18.2 Å². The molecule has 6 heteroatoms. The van der Waals surface area contributed by atoms with E-state index in [0.29, 0.717) is 23.0 Å². The lowest BCUT2D eigenvalue weighted by Crippen LogP contribution is -2.10. The number of nitrogens with zero attached hydrogens (tertiary/aromatic N) is 4. The molecule has 5 nitrogen and oxygen atoms in total. The number of benzene rings is 1. The van der Waals surface area contributed by atoms with Gasteiger partial charge in [-0.1, -0.05) is 26.7 Å². The molecule has 0 saturated heterocycles. The fourth-order valence-corrected chi connectivity index (χ4v) is 2.33. The van der Waals surface area contributed by atoms with Gasteiger partial charge in [0.2, 0.25) is 0 Å². The van der Waals surface area contributed by atoms with Crippen LogP contribution in [0.1, 0.15) is 46.1 Å². The summed E-state index contributed by atoms with van der Waals surface area (Å²) < 4.78 is 15.2. The van der Waals surface area contributed by atoms with E-state index < -0.39 is 0 Å². The van der Waals surface area contributed by atoms with Crippen LogP contribution in [0, 0.1) is 11.7 Å². The molecule has 2 N–H and O–H groups in total. The molecular formula is C15H22FN5. The van der Waals surface area contributed by atoms with Crippen molar-refractivity contribution in [2.24, 2.45) is 5.92 Å². The van der Waals surface area contributed by atoms with Gasteiger partial charge in [-0.2, -0.15) is 0 Å². The lowest BCUT2D eigenvalue weighted by atomic mass is 10.0. The van der Waals surface area contributed by atoms with E-state index in [1.54, 1.807) is 4.68 Å². The summed E-state index contributed by atoms with van der Waals surface area (Å²) in [6, 6.07) is 4.39. The highest BCUT2D eigenvalue weighted by Crippen LogP contribution is 2.27. The normalized spacial score (nSPS) is 12.8. The molecule has 2 aromatic rings. The second-order valence-corrected chi connectivity index (χ2v) is 5.85. The average molecular weight is 291 g/mol. The first kappa shape index (κ1) is 15.4. The Kier molecular flexibility index (Phi) is 4.88. The van der Waals surface area contributed by atoms with Crippen LogP contribution in [0.25, 0.3) is 11.4 Å². The monoisotopic (exact) mass is 291 g/mol. The first-order valence-electron chi connectivity index (χ1n) is 7.32. The van der Waals surface area contributed by atoms with Crippen molar-refractivity contribution in [1.82, 2.24) is 20.2 Å². The zero-order chi connectivity index (χ0) is 15.4. The van der Waals surface area contributed by atoms with E-state index in [9.17, 15) is 4.39 Å². The first-order valence-corrected chi connectivity index (χ1v) is 7.32. The molecule has 0 bridgehead atoms. The third kappa shape index (κ3) is 3.77. The SMILES string of the molecule is CC(C)CCCC(C)n1nnnc1-c1cc(F)ccc1N. The molecule has 1 aromatic heterocycles. The van der Waals surface area contributed by atoms with Gasteiger partial charge in [-0.15, -0.1) is 5.10 Å². The number of nitrogens with two attached hydrogens (primary N) is 1. The van der Waals surface area contributed by atoms with Gasteiger partial charge < -0.3 is 5.73 Å². The third-order valence-corrected chi connectivity index (χ3v) is 3.57. The number of nitrogen functional groups attached to an aromatic ring is 1. The van der Waals surface area contributed by atoms with Crippen molar-refractivity contribution in [3.05, 3.63) is 24.0 Å². The van der Waals surface area contributed by atoms with E-state index in [0.717, 1.165) is 12.8 Å². The molecule has 0 spiro atoms. The minimum absolute atomic E-state index is 0.149. The average Bonchev–Trinajstić information content (AvgIpc) is 2.90. The Balaban J connectivity index is 2.20. The van der Waals surface area contributed by atoms with E-state index in [1.807, 2.05) is 0 Å². The summed E-state index contributed by atoms with van der Waals surface area (Å²) in [4.78, 5) is 0. The molecule has 114 valence electrons. The highest BCUT2D eigenvalue weighted by Gasteiger charge is 2.17. The van der Waals surface area contributed by atoms with Crippen LogP contribution in [0.3, 0.4) is 0 Å². The van der Waals surface area contributed by atoms with Crippen molar-refractivity contribution in [3.63, 3.8) is 0 Å². The fraction of sp³-hybridized carbons (Fsp3) is 0.533. The third-order valence-electron chi connectivity index (χ3n) is 3.57. The van der Waals surface area contributed by atoms with Crippen molar-refractivity contribution in [2.75, 3.05) is 5.73 Å². The van der Waals surface area contributed by atoms with Crippen molar-refractivity contribution < 1.29 is 4.39 Å². The van der Waals surface area contributed by atoms with Crippen LogP contribution < -0.4 is 5.73 Å². The molecule has 0 fully saturated rings. The summed E-state index contributed by atoms with van der Waals surface area (Å²) in [7, 11) is 0. The summed E-state index contributed by atoms with van der Waals surface area (Å²) in [5, 5.41) is 11.8. The van der Waals surface area contributed by atoms with Crippen molar-refractivity contribution in [1.29, 1.82) is 0 Å². The van der Waals surface area contributed by atoms with Crippen molar-refractivity contribution in [2.45, 2.75) is 46.1 Å². The van der Waals surface area contributed by atoms with Gasteiger partial charge in [0.05, 0.1) is 6.04 Å². The minimum atomic E-state index is -0.346. The van der Waals surface area contributed by atoms with E-state index in [-0.39, 0.29) is 11.9 Å². The highest BCUT2D eigenvalue weighted by atomic mass is 19.1. The van der Waals surface area contributed by atoms with Crippen LogP contribution in [-0.2, 0) is 0 Å². The molecule has 21 heavy (non-hydrogen) atoms. The topological polar surface area (TPSA) is 69.6 Å². The molecule has 2 rings (SSSR count). The van der Waals surface area contributed by atoms with Gasteiger partial charge in [-0.05, 0) is 47.9 Å². The van der Waals surface area contributed by atoms with Crippen LogP contribution in [0.4, 0.5) is 10.1 Å². The van der Waals surface area contributed by atoms with Gasteiger partial charge in [0.25, 0.3) is 0 Å². The van der Waals surface area contributed by atoms with Crippen LogP contribution >= 0.6 is 0 Å². The summed E-state index contributed by atoms with van der Waals surface area (Å²) in [5.41, 5.74) is 6.93. The minimum Gasteiger partial charge on any atom is -0.398 e. The Hall–Kier alpha value is -1.98. The van der Waals surface area contributed by atoms with Gasteiger partial charge in [-0.25, -0.2) is 9.07 Å². The Morgan fingerprint density at radius 3 is 2.71 bits per heavy atom. The Bertz CT molecular complexity index is 593. The zero-order valence-corrected chi connectivity index (χ0v) is 12.8. The summed E-state index contributed by atoms with van der Waals surface area (Å²) in [6.07, 6.45) is 3.26. The molecule has 0 saturated carbocycles. The lowest BCUT2D eigenvalue weighted by molar-refractivity contribution is 0.414. The second kappa shape index (κ2) is 6.65. The maximum absolute atomic E-state index is 13.4. The highest BCUT2D eigenvalue weighted by molar-refractivity contribution is 5.71.